The van der Waals surface area contributed by atoms with Crippen LogP contribution in [0.2, 0.25) is 5.02 Å². The van der Waals surface area contributed by atoms with Crippen molar-refractivity contribution in [3.8, 4) is 5.75 Å². The van der Waals surface area contributed by atoms with E-state index in [9.17, 15) is 0 Å². The molecule has 1 N–H and O–H groups in total. The van der Waals surface area contributed by atoms with Gasteiger partial charge in [0, 0.05) is 42.4 Å². The predicted molar refractivity (Wildman–Crippen MR) is 119 cm³/mol. The summed E-state index contributed by atoms with van der Waals surface area (Å²) in [5, 5.41) is 12.5. The molecule has 30 heavy (non-hydrogen) atoms. The van der Waals surface area contributed by atoms with Crippen molar-refractivity contribution in [2.24, 2.45) is 16.1 Å². The van der Waals surface area contributed by atoms with Gasteiger partial charge in [0.05, 0.1) is 46.0 Å². The Morgan fingerprint density at radius 1 is 1.17 bits per heavy atom. The summed E-state index contributed by atoms with van der Waals surface area (Å²) in [5.41, 5.74) is 3.46. The van der Waals surface area contributed by atoms with Gasteiger partial charge in [-0.2, -0.15) is 10.2 Å². The maximum Gasteiger partial charge on any atom is 0.139 e. The lowest BCUT2D eigenvalue weighted by atomic mass is 9.84. The van der Waals surface area contributed by atoms with E-state index >= 15 is 0 Å². The number of hydrogen-bond acceptors (Lipinski definition) is 5. The zero-order valence-corrected chi connectivity index (χ0v) is 18.2. The summed E-state index contributed by atoms with van der Waals surface area (Å²) in [7, 11) is 2.09. The number of likely N-dealkylation sites (N-methyl/N-ethyl adjacent to an activating group) is 1. The van der Waals surface area contributed by atoms with Gasteiger partial charge in [0.15, 0.2) is 0 Å². The molecule has 0 bridgehead atoms. The van der Waals surface area contributed by atoms with Crippen molar-refractivity contribution < 1.29 is 4.74 Å². The molecule has 1 aliphatic carbocycles. The van der Waals surface area contributed by atoms with Crippen molar-refractivity contribution in [2.45, 2.75) is 38.3 Å². The van der Waals surface area contributed by atoms with Crippen LogP contribution in [0.1, 0.15) is 31.2 Å². The molecule has 0 amide bonds. The van der Waals surface area contributed by atoms with E-state index in [0.29, 0.717) is 17.5 Å². The number of aromatic amines is 1. The van der Waals surface area contributed by atoms with Crippen molar-refractivity contribution in [3.05, 3.63) is 50.9 Å². The topological polar surface area (TPSA) is 65.9 Å². The second kappa shape index (κ2) is 8.08. The fourth-order valence-corrected chi connectivity index (χ4v) is 4.94. The van der Waals surface area contributed by atoms with Gasteiger partial charge in [-0.15, -0.1) is 0 Å². The number of hydrogen-bond donors (Lipinski definition) is 1. The van der Waals surface area contributed by atoms with Crippen molar-refractivity contribution >= 4 is 40.7 Å². The summed E-state index contributed by atoms with van der Waals surface area (Å²) in [5.74, 6) is 1.10. The van der Waals surface area contributed by atoms with Crippen molar-refractivity contribution in [2.75, 3.05) is 18.5 Å². The standard InChI is InChI=1S/C22H23Cl2N5O/c1-29-7-6-14(23)9-19-22(29)18-12-26-28-20(21(18)27-19)13-2-4-16(5-3-13)30-17-8-15(24)10-25-11-17/h6,8-11,13,16,27H,2-5,7,12H2,1H3/t13-,16-. The van der Waals surface area contributed by atoms with Crippen LogP contribution >= 0.6 is 23.2 Å². The third-order valence-electron chi connectivity index (χ3n) is 6.03. The Hall–Kier alpha value is -2.31. The van der Waals surface area contributed by atoms with Crippen LogP contribution in [-0.4, -0.2) is 29.7 Å². The lowest BCUT2D eigenvalue weighted by Crippen LogP contribution is -2.28. The van der Waals surface area contributed by atoms with Crippen molar-refractivity contribution in [1.29, 1.82) is 0 Å². The van der Waals surface area contributed by atoms with Crippen LogP contribution in [0.25, 0.3) is 11.8 Å². The first-order valence-electron chi connectivity index (χ1n) is 10.3. The Kier molecular flexibility index (Phi) is 5.29. The number of rotatable bonds is 3. The first-order valence-corrected chi connectivity index (χ1v) is 11.0. The van der Waals surface area contributed by atoms with E-state index in [1.165, 1.54) is 11.3 Å². The Morgan fingerprint density at radius 2 is 2.00 bits per heavy atom. The minimum atomic E-state index is 0.172. The van der Waals surface area contributed by atoms with Gasteiger partial charge in [0.25, 0.3) is 0 Å². The number of pyridine rings is 1. The molecule has 3 aliphatic rings. The molecule has 0 spiro atoms. The normalized spacial score (nSPS) is 23.2. The minimum Gasteiger partial charge on any atom is -0.489 e. The molecule has 0 atom stereocenters. The highest BCUT2D eigenvalue weighted by atomic mass is 35.5. The van der Waals surface area contributed by atoms with Gasteiger partial charge in [-0.3, -0.25) is 4.98 Å². The van der Waals surface area contributed by atoms with Gasteiger partial charge in [0.2, 0.25) is 0 Å². The monoisotopic (exact) mass is 443 g/mol. The molecule has 2 aromatic rings. The average molecular weight is 444 g/mol. The van der Waals surface area contributed by atoms with Crippen LogP contribution in [0.3, 0.4) is 0 Å². The second-order valence-electron chi connectivity index (χ2n) is 8.07. The summed E-state index contributed by atoms with van der Waals surface area (Å²) in [6, 6.07) is 1.82. The largest absolute Gasteiger partial charge is 0.489 e. The first-order chi connectivity index (χ1) is 14.6. The van der Waals surface area contributed by atoms with Gasteiger partial charge in [0.1, 0.15) is 5.75 Å². The molecule has 0 saturated heterocycles. The fraction of sp³-hybridized carbons (Fsp3) is 0.409. The van der Waals surface area contributed by atoms with E-state index in [2.05, 4.69) is 32.1 Å². The number of ether oxygens (including phenoxy) is 1. The molecule has 0 unspecified atom stereocenters. The Labute approximate surface area is 185 Å². The van der Waals surface area contributed by atoms with E-state index < -0.39 is 0 Å². The van der Waals surface area contributed by atoms with E-state index in [0.717, 1.165) is 59.4 Å². The van der Waals surface area contributed by atoms with Crippen LogP contribution in [-0.2, 0) is 6.54 Å². The van der Waals surface area contributed by atoms with Crippen LogP contribution < -0.4 is 20.3 Å². The van der Waals surface area contributed by atoms with Crippen LogP contribution in [0.15, 0.2) is 39.8 Å². The Balaban J connectivity index is 1.40. The summed E-state index contributed by atoms with van der Waals surface area (Å²) >= 11 is 12.4. The minimum absolute atomic E-state index is 0.172. The summed E-state index contributed by atoms with van der Waals surface area (Å²) < 4.78 is 6.10. The number of nitrogens with one attached hydrogen (secondary N) is 1. The molecule has 5 rings (SSSR count). The first kappa shape index (κ1) is 19.6. The fourth-order valence-electron chi connectivity index (χ4n) is 4.60. The molecule has 0 aromatic carbocycles. The molecule has 1 saturated carbocycles. The number of aromatic nitrogens is 2. The third kappa shape index (κ3) is 3.74. The molecular weight excluding hydrogens is 421 g/mol. The highest BCUT2D eigenvalue weighted by molar-refractivity contribution is 6.34. The highest BCUT2D eigenvalue weighted by Gasteiger charge is 2.29. The zero-order valence-electron chi connectivity index (χ0n) is 16.7. The molecule has 2 aliphatic heterocycles. The quantitative estimate of drug-likeness (QED) is 0.775. The number of nitrogens with zero attached hydrogens (tertiary/aromatic N) is 4. The van der Waals surface area contributed by atoms with Crippen LogP contribution in [0.4, 0.5) is 5.69 Å². The zero-order chi connectivity index (χ0) is 20.7. The van der Waals surface area contributed by atoms with Gasteiger partial charge >= 0.3 is 0 Å². The van der Waals surface area contributed by atoms with E-state index in [1.54, 1.807) is 12.4 Å². The number of anilines is 1. The third-order valence-corrected chi connectivity index (χ3v) is 6.50. The lowest BCUT2D eigenvalue weighted by molar-refractivity contribution is 0.142. The van der Waals surface area contributed by atoms with Crippen molar-refractivity contribution in [3.63, 3.8) is 0 Å². The van der Waals surface area contributed by atoms with Gasteiger partial charge in [-0.05, 0) is 37.8 Å². The summed E-state index contributed by atoms with van der Waals surface area (Å²) in [4.78, 5) is 9.91. The predicted octanol–water partition coefficient (Wildman–Crippen LogP) is 4.13. The second-order valence-corrected chi connectivity index (χ2v) is 8.94. The summed E-state index contributed by atoms with van der Waals surface area (Å²) in [6.07, 6.45) is 11.5. The SMILES string of the molecule is CN1CC=C(Cl)C=c2[nH]c3c(c21)CN=NC=3[C@H]1CC[C@H](Oc2cncc(Cl)c2)CC1. The number of fused-ring (bicyclic) bond motifs is 3. The molecule has 6 nitrogen and oxygen atoms in total. The molecule has 2 aromatic heterocycles. The number of azo groups is 1. The molecule has 8 heteroatoms. The van der Waals surface area contributed by atoms with Crippen molar-refractivity contribution in [1.82, 2.24) is 9.97 Å². The Bertz CT molecular complexity index is 1140. The molecule has 0 radical (unpaired) electrons. The number of halogens is 2. The smallest absolute Gasteiger partial charge is 0.139 e. The van der Waals surface area contributed by atoms with E-state index in [-0.39, 0.29) is 6.10 Å². The van der Waals surface area contributed by atoms with Gasteiger partial charge in [-0.25, -0.2) is 0 Å². The molecule has 1 fully saturated rings. The number of allylic oxidation sites excluding steroid dienone is 1. The molecular formula is C22H23Cl2N5O. The van der Waals surface area contributed by atoms with E-state index in [1.807, 2.05) is 18.2 Å². The summed E-state index contributed by atoms with van der Waals surface area (Å²) in [6.45, 7) is 1.38. The van der Waals surface area contributed by atoms with Gasteiger partial charge in [-0.1, -0.05) is 23.2 Å². The maximum absolute atomic E-state index is 6.33. The van der Waals surface area contributed by atoms with Crippen LogP contribution in [0.5, 0.6) is 5.75 Å². The van der Waals surface area contributed by atoms with Gasteiger partial charge < -0.3 is 14.6 Å². The van der Waals surface area contributed by atoms with Crippen LogP contribution in [0, 0.1) is 5.92 Å². The van der Waals surface area contributed by atoms with E-state index in [4.69, 9.17) is 27.9 Å². The number of H-pyrrole nitrogens is 1. The maximum atomic E-state index is 6.33. The lowest BCUT2D eigenvalue weighted by Gasteiger charge is -2.29. The molecule has 156 valence electrons. The average Bonchev–Trinajstić information content (AvgIpc) is 3.03. The highest BCUT2D eigenvalue weighted by Crippen LogP contribution is 2.34. The molecule has 4 heterocycles. The Morgan fingerprint density at radius 3 is 2.80 bits per heavy atom.